The molecule has 19 heavy (non-hydrogen) atoms. The van der Waals surface area contributed by atoms with Gasteiger partial charge in [-0.05, 0) is 37.1 Å². The van der Waals surface area contributed by atoms with Gasteiger partial charge in [-0.2, -0.15) is 0 Å². The van der Waals surface area contributed by atoms with E-state index in [1.54, 1.807) is 12.1 Å². The van der Waals surface area contributed by atoms with Crippen molar-refractivity contribution in [1.82, 2.24) is 4.72 Å². The molecule has 1 aromatic carbocycles. The summed E-state index contributed by atoms with van der Waals surface area (Å²) in [5.41, 5.74) is 0. The Labute approximate surface area is 113 Å². The summed E-state index contributed by atoms with van der Waals surface area (Å²) < 4.78 is 31.9. The van der Waals surface area contributed by atoms with Gasteiger partial charge >= 0.3 is 0 Å². The van der Waals surface area contributed by atoms with Crippen LogP contribution in [0.4, 0.5) is 0 Å². The first-order valence-electron chi connectivity index (χ1n) is 6.37. The number of aliphatic hydroxyl groups is 1. The Balaban J connectivity index is 2.12. The molecule has 1 aliphatic rings. The number of sulfonamides is 1. The molecule has 1 fully saturated rings. The standard InChI is InChI=1S/C13H19NO4S/c1-18-10-6-8-11(9-7-10)19(16,17)14-12-4-2-3-5-13(12)15/h6-9,12-15H,2-5H2,1H3/t12-,13-/m1/s1. The van der Waals surface area contributed by atoms with Crippen LogP contribution in [0.3, 0.4) is 0 Å². The molecule has 0 aliphatic heterocycles. The lowest BCUT2D eigenvalue weighted by Crippen LogP contribution is -2.44. The van der Waals surface area contributed by atoms with Crippen LogP contribution in [0.15, 0.2) is 29.2 Å². The normalized spacial score (nSPS) is 24.1. The van der Waals surface area contributed by atoms with E-state index in [9.17, 15) is 13.5 Å². The van der Waals surface area contributed by atoms with Crippen molar-refractivity contribution in [2.45, 2.75) is 42.7 Å². The van der Waals surface area contributed by atoms with Crippen LogP contribution >= 0.6 is 0 Å². The van der Waals surface area contributed by atoms with E-state index in [2.05, 4.69) is 4.72 Å². The molecule has 0 heterocycles. The Morgan fingerprint density at radius 3 is 2.42 bits per heavy atom. The highest BCUT2D eigenvalue weighted by Crippen LogP contribution is 2.21. The van der Waals surface area contributed by atoms with E-state index in [-0.39, 0.29) is 10.9 Å². The van der Waals surface area contributed by atoms with E-state index in [1.165, 1.54) is 19.2 Å². The van der Waals surface area contributed by atoms with E-state index in [0.717, 1.165) is 12.8 Å². The molecule has 6 heteroatoms. The SMILES string of the molecule is COc1ccc(S(=O)(=O)N[C@@H]2CCCC[C@H]2O)cc1. The van der Waals surface area contributed by atoms with Crippen LogP contribution in [0.1, 0.15) is 25.7 Å². The van der Waals surface area contributed by atoms with Crippen molar-refractivity contribution >= 4 is 10.0 Å². The highest BCUT2D eigenvalue weighted by atomic mass is 32.2. The molecule has 0 amide bonds. The molecule has 5 nitrogen and oxygen atoms in total. The van der Waals surface area contributed by atoms with Gasteiger partial charge in [-0.15, -0.1) is 0 Å². The Morgan fingerprint density at radius 2 is 1.84 bits per heavy atom. The van der Waals surface area contributed by atoms with Gasteiger partial charge in [0.2, 0.25) is 10.0 Å². The lowest BCUT2D eigenvalue weighted by molar-refractivity contribution is 0.101. The molecule has 1 aliphatic carbocycles. The summed E-state index contributed by atoms with van der Waals surface area (Å²) in [5, 5.41) is 9.81. The van der Waals surface area contributed by atoms with Crippen LogP contribution < -0.4 is 9.46 Å². The zero-order chi connectivity index (χ0) is 13.9. The van der Waals surface area contributed by atoms with Crippen molar-refractivity contribution in [3.05, 3.63) is 24.3 Å². The van der Waals surface area contributed by atoms with Crippen molar-refractivity contribution in [3.8, 4) is 5.75 Å². The summed E-state index contributed by atoms with van der Waals surface area (Å²) in [5.74, 6) is 0.608. The van der Waals surface area contributed by atoms with Gasteiger partial charge < -0.3 is 9.84 Å². The van der Waals surface area contributed by atoms with Crippen LogP contribution in [-0.4, -0.2) is 32.8 Å². The molecular formula is C13H19NO4S. The topological polar surface area (TPSA) is 75.6 Å². The number of ether oxygens (including phenoxy) is 1. The third kappa shape index (κ3) is 3.46. The Morgan fingerprint density at radius 1 is 1.21 bits per heavy atom. The second kappa shape index (κ2) is 5.90. The number of hydrogen-bond acceptors (Lipinski definition) is 4. The minimum Gasteiger partial charge on any atom is -0.497 e. The Hall–Kier alpha value is -1.11. The second-order valence-electron chi connectivity index (χ2n) is 4.76. The smallest absolute Gasteiger partial charge is 0.240 e. The lowest BCUT2D eigenvalue weighted by Gasteiger charge is -2.28. The fourth-order valence-corrected chi connectivity index (χ4v) is 3.57. The molecule has 0 radical (unpaired) electrons. The van der Waals surface area contributed by atoms with Gasteiger partial charge in [-0.3, -0.25) is 0 Å². The molecule has 0 spiro atoms. The van der Waals surface area contributed by atoms with Crippen molar-refractivity contribution in [2.24, 2.45) is 0 Å². The quantitative estimate of drug-likeness (QED) is 0.873. The third-order valence-electron chi connectivity index (χ3n) is 3.41. The number of benzene rings is 1. The largest absolute Gasteiger partial charge is 0.497 e. The summed E-state index contributed by atoms with van der Waals surface area (Å²) in [4.78, 5) is 0.186. The van der Waals surface area contributed by atoms with Crippen molar-refractivity contribution < 1.29 is 18.3 Å². The number of hydrogen-bond donors (Lipinski definition) is 2. The first-order valence-corrected chi connectivity index (χ1v) is 7.86. The number of rotatable bonds is 4. The zero-order valence-corrected chi connectivity index (χ0v) is 11.7. The van der Waals surface area contributed by atoms with Gasteiger partial charge in [0.1, 0.15) is 5.75 Å². The van der Waals surface area contributed by atoms with Gasteiger partial charge in [0.25, 0.3) is 0 Å². The summed E-state index contributed by atoms with van der Waals surface area (Å²) in [6, 6.07) is 5.81. The van der Waals surface area contributed by atoms with Crippen LogP contribution in [0.5, 0.6) is 5.75 Å². The van der Waals surface area contributed by atoms with Crippen LogP contribution in [-0.2, 0) is 10.0 Å². The molecule has 0 unspecified atom stereocenters. The van der Waals surface area contributed by atoms with Crippen molar-refractivity contribution in [2.75, 3.05) is 7.11 Å². The molecule has 1 aromatic rings. The van der Waals surface area contributed by atoms with Gasteiger partial charge in [0.15, 0.2) is 0 Å². The Bertz CT molecular complexity index is 512. The summed E-state index contributed by atoms with van der Waals surface area (Å²) in [6.45, 7) is 0. The van der Waals surface area contributed by atoms with Crippen molar-refractivity contribution in [1.29, 1.82) is 0 Å². The summed E-state index contributed by atoms with van der Waals surface area (Å²) in [6.07, 6.45) is 2.61. The molecular weight excluding hydrogens is 266 g/mol. The van der Waals surface area contributed by atoms with Crippen LogP contribution in [0, 0.1) is 0 Å². The number of nitrogens with one attached hydrogen (secondary N) is 1. The molecule has 2 atom stereocenters. The predicted octanol–water partition coefficient (Wildman–Crippen LogP) is 1.28. The molecule has 106 valence electrons. The van der Waals surface area contributed by atoms with E-state index in [4.69, 9.17) is 4.74 Å². The zero-order valence-electron chi connectivity index (χ0n) is 10.9. The monoisotopic (exact) mass is 285 g/mol. The molecule has 1 saturated carbocycles. The van der Waals surface area contributed by atoms with E-state index in [1.807, 2.05) is 0 Å². The maximum Gasteiger partial charge on any atom is 0.240 e. The van der Waals surface area contributed by atoms with Gasteiger partial charge in [0, 0.05) is 6.04 Å². The van der Waals surface area contributed by atoms with Gasteiger partial charge in [-0.25, -0.2) is 13.1 Å². The average molecular weight is 285 g/mol. The third-order valence-corrected chi connectivity index (χ3v) is 4.91. The molecule has 2 rings (SSSR count). The van der Waals surface area contributed by atoms with E-state index in [0.29, 0.717) is 18.6 Å². The minimum absolute atomic E-state index is 0.186. The molecule has 2 N–H and O–H groups in total. The number of aliphatic hydroxyl groups excluding tert-OH is 1. The van der Waals surface area contributed by atoms with E-state index < -0.39 is 16.1 Å². The molecule has 0 saturated heterocycles. The highest BCUT2D eigenvalue weighted by Gasteiger charge is 2.27. The summed E-state index contributed by atoms with van der Waals surface area (Å²) >= 11 is 0. The van der Waals surface area contributed by atoms with Crippen molar-refractivity contribution in [3.63, 3.8) is 0 Å². The number of methoxy groups -OCH3 is 1. The lowest BCUT2D eigenvalue weighted by atomic mass is 9.93. The molecule has 0 bridgehead atoms. The first-order chi connectivity index (χ1) is 9.03. The van der Waals surface area contributed by atoms with Gasteiger partial charge in [0.05, 0.1) is 18.1 Å². The average Bonchev–Trinajstić information content (AvgIpc) is 2.41. The Kier molecular flexibility index (Phi) is 4.44. The van der Waals surface area contributed by atoms with Crippen LogP contribution in [0.25, 0.3) is 0 Å². The van der Waals surface area contributed by atoms with Crippen LogP contribution in [0.2, 0.25) is 0 Å². The fourth-order valence-electron chi connectivity index (χ4n) is 2.27. The minimum atomic E-state index is -3.58. The van der Waals surface area contributed by atoms with E-state index >= 15 is 0 Å². The first kappa shape index (κ1) is 14.3. The summed E-state index contributed by atoms with van der Waals surface area (Å²) in [7, 11) is -2.06. The van der Waals surface area contributed by atoms with Gasteiger partial charge in [-0.1, -0.05) is 12.8 Å². The maximum atomic E-state index is 12.2. The molecule has 0 aromatic heterocycles. The maximum absolute atomic E-state index is 12.2. The second-order valence-corrected chi connectivity index (χ2v) is 6.47. The highest BCUT2D eigenvalue weighted by molar-refractivity contribution is 7.89. The predicted molar refractivity (Wildman–Crippen MR) is 71.6 cm³/mol. The fraction of sp³-hybridized carbons (Fsp3) is 0.538.